The van der Waals surface area contributed by atoms with Gasteiger partial charge in [0.05, 0.1) is 47.1 Å². The summed E-state index contributed by atoms with van der Waals surface area (Å²) < 4.78 is 119. The Labute approximate surface area is 390 Å². The number of hydrogen-bond acceptors (Lipinski definition) is 2. The van der Waals surface area contributed by atoms with E-state index in [1.807, 2.05) is 147 Å². The van der Waals surface area contributed by atoms with Crippen LogP contribution in [0.1, 0.15) is 47.0 Å². The molecule has 11 rings (SSSR count). The van der Waals surface area contributed by atoms with E-state index in [-0.39, 0.29) is 27.9 Å². The largest absolute Gasteiger partial charge is 0.458 e. The fraction of sp³-hybridized carbons (Fsp3) is 0.0847. The van der Waals surface area contributed by atoms with Gasteiger partial charge < -0.3 is 4.74 Å². The lowest BCUT2D eigenvalue weighted by Crippen LogP contribution is -2.32. The lowest BCUT2D eigenvalue weighted by Gasteiger charge is -2.25. The normalized spacial score (nSPS) is 14.6. The van der Waals surface area contributed by atoms with Crippen LogP contribution in [0.4, 0.5) is 0 Å². The number of aromatic nitrogens is 4. The maximum Gasteiger partial charge on any atom is 0.269 e. The van der Waals surface area contributed by atoms with Crippen molar-refractivity contribution < 1.29 is 25.8 Å². The van der Waals surface area contributed by atoms with Gasteiger partial charge in [0.25, 0.3) is 6.33 Å². The number of aryl methyl sites for hydroxylation is 1. The molecule has 0 aliphatic carbocycles. The molecule has 0 aliphatic heterocycles. The van der Waals surface area contributed by atoms with E-state index in [1.54, 1.807) is 39.6 Å². The summed E-state index contributed by atoms with van der Waals surface area (Å²) in [6.07, 6.45) is 3.33. The van der Waals surface area contributed by atoms with Crippen molar-refractivity contribution in [1.29, 1.82) is 0 Å². The van der Waals surface area contributed by atoms with Crippen LogP contribution in [0.2, 0.25) is 0 Å². The van der Waals surface area contributed by atoms with Crippen molar-refractivity contribution in [3.8, 4) is 50.9 Å². The van der Waals surface area contributed by atoms with Gasteiger partial charge in [-0.1, -0.05) is 165 Å². The Morgan fingerprint density at radius 3 is 2.06 bits per heavy atom. The molecule has 0 bridgehead atoms. The molecular weight excluding hydrogens is 781 g/mol. The number of nitrogens with zero attached hydrogens (tertiary/aromatic N) is 4. The van der Waals surface area contributed by atoms with Crippen LogP contribution in [0.5, 0.6) is 11.5 Å². The number of pyridine rings is 1. The first kappa shape index (κ1) is 27.8. The van der Waals surface area contributed by atoms with Gasteiger partial charge in [-0.25, -0.2) is 4.98 Å². The predicted octanol–water partition coefficient (Wildman–Crippen LogP) is 14.2. The number of hydrogen-bond donors (Lipinski definition) is 0. The lowest BCUT2D eigenvalue weighted by molar-refractivity contribution is -0.571. The zero-order valence-corrected chi connectivity index (χ0v) is 35.1. The second-order valence-electron chi connectivity index (χ2n) is 16.1. The van der Waals surface area contributed by atoms with Crippen LogP contribution in [-0.2, 0) is 11.8 Å². The first-order valence-electron chi connectivity index (χ1n) is 26.9. The average molecular weight is 839 g/mol. The smallest absolute Gasteiger partial charge is 0.269 e. The molecule has 0 fully saturated rings. The summed E-state index contributed by atoms with van der Waals surface area (Å²) in [5.41, 5.74) is 4.87. The van der Waals surface area contributed by atoms with Crippen LogP contribution in [0.25, 0.3) is 72.3 Å². The Balaban J connectivity index is 1.05. The Kier molecular flexibility index (Phi) is 6.97. The summed E-state index contributed by atoms with van der Waals surface area (Å²) in [4.78, 5) is 4.81. The average Bonchev–Trinajstić information content (AvgIpc) is 4.05. The second-order valence-corrected chi connectivity index (χ2v) is 16.1. The highest BCUT2D eigenvalue weighted by molar-refractivity contribution is 6.09. The van der Waals surface area contributed by atoms with Crippen LogP contribution in [0, 0.1) is 13.3 Å². The molecule has 0 N–H and O–H groups in total. The first-order chi connectivity index (χ1) is 36.3. The molecule has 5 heteroatoms. The number of para-hydroxylation sites is 3. The fourth-order valence-electron chi connectivity index (χ4n) is 8.62. The van der Waals surface area contributed by atoms with Crippen LogP contribution in [-0.4, -0.2) is 14.1 Å². The van der Waals surface area contributed by atoms with Crippen LogP contribution in [0.15, 0.2) is 212 Å². The van der Waals surface area contributed by atoms with Crippen LogP contribution >= 0.6 is 0 Å². The molecular formula is C59H46N4O. The minimum absolute atomic E-state index is 0.145. The molecule has 0 aliphatic rings. The van der Waals surface area contributed by atoms with Gasteiger partial charge in [-0.15, -0.1) is 0 Å². The number of rotatable bonds is 10. The number of imidazole rings is 1. The lowest BCUT2D eigenvalue weighted by atomic mass is 9.79. The maximum atomic E-state index is 9.50. The predicted molar refractivity (Wildman–Crippen MR) is 261 cm³/mol. The second kappa shape index (κ2) is 16.0. The quantitative estimate of drug-likeness (QED) is 0.102. The van der Waals surface area contributed by atoms with Crippen molar-refractivity contribution in [2.45, 2.75) is 32.6 Å². The zero-order valence-electron chi connectivity index (χ0n) is 47.1. The van der Waals surface area contributed by atoms with Crippen molar-refractivity contribution in [3.05, 3.63) is 235 Å². The van der Waals surface area contributed by atoms with Gasteiger partial charge in [0.1, 0.15) is 17.3 Å². The van der Waals surface area contributed by atoms with Gasteiger partial charge in [-0.05, 0) is 106 Å². The molecule has 0 saturated carbocycles. The van der Waals surface area contributed by atoms with E-state index in [0.717, 1.165) is 32.9 Å². The molecule has 8 aromatic carbocycles. The molecule has 5 nitrogen and oxygen atoms in total. The molecule has 3 heterocycles. The molecule has 11 aromatic rings. The molecule has 0 atom stereocenters. The summed E-state index contributed by atoms with van der Waals surface area (Å²) in [7, 11) is 0. The monoisotopic (exact) mass is 838 g/mol. The zero-order chi connectivity index (χ0) is 53.7. The third-order valence-corrected chi connectivity index (χ3v) is 11.6. The van der Waals surface area contributed by atoms with E-state index in [1.165, 1.54) is 0 Å². The van der Waals surface area contributed by atoms with Crippen molar-refractivity contribution in [3.63, 3.8) is 0 Å². The molecule has 308 valence electrons. The van der Waals surface area contributed by atoms with Gasteiger partial charge >= 0.3 is 0 Å². The van der Waals surface area contributed by atoms with Crippen molar-refractivity contribution in [2.24, 2.45) is 0 Å². The summed E-state index contributed by atoms with van der Waals surface area (Å²) in [5.74, 6) is 1.51. The Bertz CT molecular complexity index is 4040. The van der Waals surface area contributed by atoms with Crippen LogP contribution in [0.3, 0.4) is 0 Å². The summed E-state index contributed by atoms with van der Waals surface area (Å²) >= 11 is 0. The van der Waals surface area contributed by atoms with Crippen LogP contribution < -0.4 is 9.30 Å². The standard InChI is InChI=1S/C59H46N4O/c1-41-18-15-31-54-57(41)62(58-49(43-19-7-4-8-20-43)28-17-29-50(58)44-21-9-5-10-22-44)40-61(54)46-25-16-26-47(37-46)64-48-32-33-52-51-27-13-14-30-53(51)63(55(52)38-48)56-36-42(34-35-60-56)39-59(2,3)45-23-11-6-12-24-45/h4-38H,39H2,1-3H3/i4D,5D,7D,8D,9D,10D,19D,20D,21D,22D,39D2. The minimum Gasteiger partial charge on any atom is -0.458 e. The van der Waals surface area contributed by atoms with E-state index >= 15 is 0 Å². The van der Waals surface area contributed by atoms with Gasteiger partial charge in [0, 0.05) is 25.8 Å². The summed E-state index contributed by atoms with van der Waals surface area (Å²) in [6.45, 7) is 5.71. The Morgan fingerprint density at radius 2 is 1.30 bits per heavy atom. The maximum absolute atomic E-state index is 9.50. The van der Waals surface area contributed by atoms with E-state index < -0.39 is 72.2 Å². The van der Waals surface area contributed by atoms with Gasteiger partial charge in [-0.3, -0.25) is 13.7 Å². The molecule has 64 heavy (non-hydrogen) atoms. The van der Waals surface area contributed by atoms with Crippen molar-refractivity contribution in [2.75, 3.05) is 0 Å². The summed E-state index contributed by atoms with van der Waals surface area (Å²) in [6, 6.07) is 39.4. The molecule has 0 amide bonds. The number of ether oxygens (including phenoxy) is 1. The third kappa shape index (κ3) is 7.01. The fourth-order valence-corrected chi connectivity index (χ4v) is 8.62. The Morgan fingerprint density at radius 1 is 0.641 bits per heavy atom. The van der Waals surface area contributed by atoms with E-state index in [9.17, 15) is 2.74 Å². The van der Waals surface area contributed by atoms with Gasteiger partial charge in [-0.2, -0.15) is 0 Å². The van der Waals surface area contributed by atoms with E-state index in [0.29, 0.717) is 39.6 Å². The van der Waals surface area contributed by atoms with E-state index in [2.05, 4.69) is 6.33 Å². The van der Waals surface area contributed by atoms with Crippen molar-refractivity contribution in [1.82, 2.24) is 14.1 Å². The van der Waals surface area contributed by atoms with Gasteiger partial charge in [0.15, 0.2) is 0 Å². The molecule has 0 spiro atoms. The molecule has 0 radical (unpaired) electrons. The third-order valence-electron chi connectivity index (χ3n) is 11.6. The molecule has 0 saturated heterocycles. The highest BCUT2D eigenvalue weighted by Gasteiger charge is 2.23. The molecule has 0 unspecified atom stereocenters. The summed E-state index contributed by atoms with van der Waals surface area (Å²) in [5, 5.41) is 1.92. The number of fused-ring (bicyclic) bond motifs is 4. The highest BCUT2D eigenvalue weighted by Crippen LogP contribution is 2.38. The highest BCUT2D eigenvalue weighted by atomic mass is 16.5. The molecule has 3 aromatic heterocycles. The van der Waals surface area contributed by atoms with Crippen molar-refractivity contribution >= 4 is 32.8 Å². The Hall–Kier alpha value is -8.02. The number of benzene rings is 8. The first-order valence-corrected chi connectivity index (χ1v) is 20.9. The van der Waals surface area contributed by atoms with Gasteiger partial charge in [0.2, 0.25) is 0 Å². The minimum atomic E-state index is -1.79. The topological polar surface area (TPSA) is 35.9 Å². The van der Waals surface area contributed by atoms with E-state index in [4.69, 9.17) is 23.4 Å². The SMILES string of the molecule is [2H]c1c([2H])c([2H])c(-c2cccc(-c3c([2H])c([2H])c([2H])c([2H])c3[2H])c2-[n+]2[c-]n(-c3cccc(Oc4ccc5c6ccccc6n(-c6cc(C([2H])([2H])C(C)(C)c7ccccc7)ccn6)c5c4)c3)c3cccc(C)c32)c([2H])c1[2H].